The van der Waals surface area contributed by atoms with Gasteiger partial charge in [-0.15, -0.1) is 0 Å². The monoisotopic (exact) mass is 599 g/mol. The van der Waals surface area contributed by atoms with E-state index in [1.54, 1.807) is 26.4 Å². The van der Waals surface area contributed by atoms with Gasteiger partial charge in [-0.05, 0) is 62.2 Å². The summed E-state index contributed by atoms with van der Waals surface area (Å²) in [5.41, 5.74) is 5.95. The molecule has 3 aliphatic heterocycles. The van der Waals surface area contributed by atoms with Gasteiger partial charge in [-0.25, -0.2) is 0 Å². The molecule has 9 nitrogen and oxygen atoms in total. The molecular formula is C35H45N5O4. The average Bonchev–Trinajstić information content (AvgIpc) is 3.42. The van der Waals surface area contributed by atoms with E-state index >= 15 is 0 Å². The van der Waals surface area contributed by atoms with Crippen LogP contribution >= 0.6 is 0 Å². The van der Waals surface area contributed by atoms with Gasteiger partial charge in [0.2, 0.25) is 5.91 Å². The topological polar surface area (TPSA) is 80.3 Å². The normalized spacial score (nSPS) is 21.4. The largest absolute Gasteiger partial charge is 0.462 e. The molecule has 0 spiro atoms. The van der Waals surface area contributed by atoms with Crippen LogP contribution < -0.4 is 9.64 Å². The van der Waals surface area contributed by atoms with Crippen LogP contribution in [-0.4, -0.2) is 98.5 Å². The molecule has 9 heteroatoms. The number of hydrogen-bond donors (Lipinski definition) is 0. The van der Waals surface area contributed by atoms with Crippen LogP contribution in [0.15, 0.2) is 48.6 Å². The number of methoxy groups -OCH3 is 2. The zero-order valence-electron chi connectivity index (χ0n) is 26.5. The van der Waals surface area contributed by atoms with Crippen LogP contribution in [0, 0.1) is 6.92 Å². The number of piperidine rings is 1. The number of likely N-dealkylation sites (N-methyl/N-ethyl adjacent to an activating group) is 1. The van der Waals surface area contributed by atoms with Gasteiger partial charge in [0.1, 0.15) is 6.61 Å². The summed E-state index contributed by atoms with van der Waals surface area (Å²) >= 11 is 0. The van der Waals surface area contributed by atoms with Crippen LogP contribution in [0.2, 0.25) is 0 Å². The number of aromatic nitrogens is 2. The highest BCUT2D eigenvalue weighted by molar-refractivity contribution is 5.97. The molecule has 2 aromatic carbocycles. The van der Waals surface area contributed by atoms with Crippen LogP contribution in [0.4, 0.5) is 5.69 Å². The van der Waals surface area contributed by atoms with Gasteiger partial charge in [0.05, 0.1) is 30.6 Å². The molecule has 1 amide bonds. The first-order chi connectivity index (χ1) is 21.4. The van der Waals surface area contributed by atoms with Crippen LogP contribution in [0.25, 0.3) is 10.8 Å². The van der Waals surface area contributed by atoms with Gasteiger partial charge in [0.15, 0.2) is 0 Å². The van der Waals surface area contributed by atoms with Crippen molar-refractivity contribution in [1.29, 1.82) is 0 Å². The van der Waals surface area contributed by atoms with E-state index in [1.165, 1.54) is 27.6 Å². The Labute approximate surface area is 260 Å². The van der Waals surface area contributed by atoms with E-state index in [0.29, 0.717) is 38.9 Å². The number of likely N-dealkylation sites (tertiary alicyclic amines) is 2. The Hall–Kier alpha value is -3.53. The molecule has 0 saturated carbocycles. The molecule has 0 radical (unpaired) electrons. The van der Waals surface area contributed by atoms with Crippen molar-refractivity contribution in [3.63, 3.8) is 0 Å². The maximum absolute atomic E-state index is 12.7. The third-order valence-electron chi connectivity index (χ3n) is 9.61. The maximum Gasteiger partial charge on any atom is 0.316 e. The Morgan fingerprint density at radius 1 is 1.07 bits per heavy atom. The van der Waals surface area contributed by atoms with Gasteiger partial charge in [0, 0.05) is 69.5 Å². The fourth-order valence-corrected chi connectivity index (χ4v) is 7.10. The molecule has 6 rings (SSSR count). The van der Waals surface area contributed by atoms with Crippen LogP contribution in [0.3, 0.4) is 0 Å². The predicted octanol–water partition coefficient (Wildman–Crippen LogP) is 4.51. The van der Waals surface area contributed by atoms with Crippen LogP contribution in [-0.2, 0) is 27.2 Å². The Morgan fingerprint density at radius 2 is 1.86 bits per heavy atom. The van der Waals surface area contributed by atoms with E-state index in [0.717, 1.165) is 50.2 Å². The summed E-state index contributed by atoms with van der Waals surface area (Å²) in [5, 5.41) is 2.56. The van der Waals surface area contributed by atoms with Crippen molar-refractivity contribution in [3.8, 4) is 6.01 Å². The van der Waals surface area contributed by atoms with Gasteiger partial charge in [-0.3, -0.25) is 9.69 Å². The number of aryl methyl sites for hydroxylation is 1. The maximum atomic E-state index is 12.7. The zero-order chi connectivity index (χ0) is 30.6. The number of amides is 1. The Bertz CT molecular complexity index is 1500. The van der Waals surface area contributed by atoms with E-state index in [4.69, 9.17) is 24.2 Å². The van der Waals surface area contributed by atoms with Gasteiger partial charge in [-0.2, -0.15) is 9.97 Å². The molecule has 4 heterocycles. The lowest BCUT2D eigenvalue weighted by Crippen LogP contribution is -2.38. The summed E-state index contributed by atoms with van der Waals surface area (Å²) in [6.07, 6.45) is 7.19. The first kappa shape index (κ1) is 30.5. The molecule has 0 bridgehead atoms. The van der Waals surface area contributed by atoms with Gasteiger partial charge < -0.3 is 24.0 Å². The van der Waals surface area contributed by atoms with Crippen molar-refractivity contribution in [1.82, 2.24) is 19.8 Å². The summed E-state index contributed by atoms with van der Waals surface area (Å²) in [4.78, 5) is 29.5. The van der Waals surface area contributed by atoms with E-state index in [2.05, 4.69) is 60.2 Å². The molecule has 0 N–H and O–H groups in total. The summed E-state index contributed by atoms with van der Waals surface area (Å²) in [5.74, 6) is 0.310. The lowest BCUT2D eigenvalue weighted by Gasteiger charge is -2.35. The first-order valence-corrected chi connectivity index (χ1v) is 15.9. The van der Waals surface area contributed by atoms with Gasteiger partial charge >= 0.3 is 6.01 Å². The number of nitrogens with zero attached hydrogens (tertiary/aromatic N) is 5. The van der Waals surface area contributed by atoms with Gasteiger partial charge in [0.25, 0.3) is 0 Å². The predicted molar refractivity (Wildman–Crippen MR) is 172 cm³/mol. The second-order valence-corrected chi connectivity index (χ2v) is 12.4. The molecule has 3 aliphatic rings. The number of anilines is 1. The highest BCUT2D eigenvalue weighted by Crippen LogP contribution is 2.37. The lowest BCUT2D eigenvalue weighted by molar-refractivity contribution is -0.127. The number of carbonyl (C=O) groups excluding carboxylic acids is 1. The molecule has 2 saturated heterocycles. The molecule has 44 heavy (non-hydrogen) atoms. The highest BCUT2D eigenvalue weighted by atomic mass is 16.5. The summed E-state index contributed by atoms with van der Waals surface area (Å²) in [6.45, 7) is 7.10. The van der Waals surface area contributed by atoms with Crippen molar-refractivity contribution in [3.05, 3.63) is 71.1 Å². The Balaban J connectivity index is 1.26. The third kappa shape index (κ3) is 6.46. The molecule has 3 aromatic rings. The second kappa shape index (κ2) is 13.6. The summed E-state index contributed by atoms with van der Waals surface area (Å²) in [6, 6.07) is 13.8. The highest BCUT2D eigenvalue weighted by Gasteiger charge is 2.33. The number of hydrogen-bond acceptors (Lipinski definition) is 8. The Morgan fingerprint density at radius 3 is 2.61 bits per heavy atom. The van der Waals surface area contributed by atoms with Crippen molar-refractivity contribution in [2.24, 2.45) is 0 Å². The molecule has 0 aliphatic carbocycles. The minimum atomic E-state index is 0.0466. The number of carbonyl (C=O) groups is 1. The minimum absolute atomic E-state index is 0.0466. The lowest BCUT2D eigenvalue weighted by atomic mass is 9.87. The van der Waals surface area contributed by atoms with Crippen molar-refractivity contribution < 1.29 is 19.0 Å². The summed E-state index contributed by atoms with van der Waals surface area (Å²) < 4.78 is 17.0. The van der Waals surface area contributed by atoms with Crippen LogP contribution in [0.5, 0.6) is 6.01 Å². The van der Waals surface area contributed by atoms with Crippen molar-refractivity contribution >= 4 is 22.4 Å². The van der Waals surface area contributed by atoms with Crippen molar-refractivity contribution in [2.45, 2.75) is 57.2 Å². The fraction of sp³-hybridized carbons (Fsp3) is 0.514. The van der Waals surface area contributed by atoms with Crippen LogP contribution in [0.1, 0.15) is 47.7 Å². The third-order valence-corrected chi connectivity index (χ3v) is 9.61. The second-order valence-electron chi connectivity index (χ2n) is 12.4. The number of rotatable bonds is 9. The van der Waals surface area contributed by atoms with E-state index in [9.17, 15) is 4.79 Å². The summed E-state index contributed by atoms with van der Waals surface area (Å²) in [7, 11) is 5.53. The number of benzene rings is 2. The molecule has 0 unspecified atom stereocenters. The van der Waals surface area contributed by atoms with E-state index in [-0.39, 0.29) is 24.0 Å². The Kier molecular flexibility index (Phi) is 9.44. The quantitative estimate of drug-likeness (QED) is 0.333. The smallest absolute Gasteiger partial charge is 0.316 e. The average molecular weight is 600 g/mol. The van der Waals surface area contributed by atoms with Crippen molar-refractivity contribution in [2.75, 3.05) is 65.6 Å². The molecule has 1 aromatic heterocycles. The standard InChI is InChI=1S/C35H45N5O4/c1-24-8-5-9-25-10-6-11-31(33(24)25)40-18-15-29-30(22-40)36-35(44-23-27-20-28(43-4)21-38(27)2)37-34(29)26-13-16-39(17-14-26)32(41)12-7-19-42-3/h5-12,26-28H,13-23H2,1-4H3/b12-7+/t27-,28-/m1/s1. The van der Waals surface area contributed by atoms with E-state index < -0.39 is 0 Å². The fourth-order valence-electron chi connectivity index (χ4n) is 7.10. The van der Waals surface area contributed by atoms with Gasteiger partial charge in [-0.1, -0.05) is 36.4 Å². The first-order valence-electron chi connectivity index (χ1n) is 15.9. The molecule has 234 valence electrons. The number of fused-ring (bicyclic) bond motifs is 2. The minimum Gasteiger partial charge on any atom is -0.462 e. The SMILES string of the molecule is COC/C=C/C(=O)N1CCC(c2nc(OC[C@H]3C[C@@H](OC)CN3C)nc3c2CCN(c2cccc4cccc(C)c24)C3)CC1. The zero-order valence-corrected chi connectivity index (χ0v) is 26.5. The molecule has 2 atom stereocenters. The molecule has 2 fully saturated rings. The van der Waals surface area contributed by atoms with E-state index in [1.807, 2.05) is 4.90 Å². The molecular weight excluding hydrogens is 554 g/mol. The number of ether oxygens (including phenoxy) is 3.